The van der Waals surface area contributed by atoms with Gasteiger partial charge < -0.3 is 11.1 Å². The lowest BCUT2D eigenvalue weighted by atomic mass is 9.88. The van der Waals surface area contributed by atoms with Crippen LogP contribution < -0.4 is 11.1 Å². The molecule has 0 bridgehead atoms. The highest BCUT2D eigenvalue weighted by Gasteiger charge is 2.21. The molecule has 0 aliphatic carbocycles. The number of pyridine rings is 1. The maximum atomic E-state index is 13.1. The van der Waals surface area contributed by atoms with Crippen LogP contribution in [0.4, 0.5) is 5.69 Å². The fourth-order valence-corrected chi connectivity index (χ4v) is 4.74. The van der Waals surface area contributed by atoms with E-state index in [9.17, 15) is 13.2 Å². The molecule has 1 heterocycles. The SMILES string of the molecule is Cc1ccc(-c2c(CC(=O)Nc3cccc(S(C)(=O)=O)c3)c(C)nc(CC(C)C)c2CN)cc1.Cl.Cl. The molecule has 6 nitrogen and oxygen atoms in total. The van der Waals surface area contributed by atoms with Crippen LogP contribution in [0, 0.1) is 19.8 Å². The zero-order chi connectivity index (χ0) is 25.0. The summed E-state index contributed by atoms with van der Waals surface area (Å²) in [6, 6.07) is 14.5. The smallest absolute Gasteiger partial charge is 0.228 e. The van der Waals surface area contributed by atoms with Crippen molar-refractivity contribution in [2.24, 2.45) is 11.7 Å². The Morgan fingerprint density at radius 2 is 1.67 bits per heavy atom. The highest BCUT2D eigenvalue weighted by molar-refractivity contribution is 7.90. The Bertz CT molecular complexity index is 1310. The molecule has 0 aliphatic heterocycles. The zero-order valence-corrected chi connectivity index (χ0v) is 23.7. The van der Waals surface area contributed by atoms with Crippen molar-refractivity contribution in [3.8, 4) is 11.1 Å². The van der Waals surface area contributed by atoms with Crippen LogP contribution in [-0.4, -0.2) is 25.6 Å². The number of carbonyl (C=O) groups is 1. The van der Waals surface area contributed by atoms with E-state index in [2.05, 4.69) is 31.3 Å². The van der Waals surface area contributed by atoms with Gasteiger partial charge in [0.05, 0.1) is 11.3 Å². The zero-order valence-electron chi connectivity index (χ0n) is 21.3. The summed E-state index contributed by atoms with van der Waals surface area (Å²) in [7, 11) is -3.37. The summed E-state index contributed by atoms with van der Waals surface area (Å²) in [5.41, 5.74) is 13.3. The third kappa shape index (κ3) is 7.77. The number of nitrogens with zero attached hydrogens (tertiary/aromatic N) is 1. The second-order valence-electron chi connectivity index (χ2n) is 9.17. The summed E-state index contributed by atoms with van der Waals surface area (Å²) in [4.78, 5) is 18.1. The number of hydrogen-bond acceptors (Lipinski definition) is 5. The van der Waals surface area contributed by atoms with Crippen molar-refractivity contribution in [3.63, 3.8) is 0 Å². The van der Waals surface area contributed by atoms with Crippen LogP contribution in [-0.2, 0) is 34.0 Å². The van der Waals surface area contributed by atoms with Crippen LogP contribution in [0.3, 0.4) is 0 Å². The first-order valence-electron chi connectivity index (χ1n) is 11.4. The number of sulfone groups is 1. The van der Waals surface area contributed by atoms with E-state index in [0.717, 1.165) is 51.9 Å². The summed E-state index contributed by atoms with van der Waals surface area (Å²) in [6.45, 7) is 8.58. The van der Waals surface area contributed by atoms with Crippen molar-refractivity contribution in [2.45, 2.75) is 52.0 Å². The van der Waals surface area contributed by atoms with Gasteiger partial charge in [0.1, 0.15) is 0 Å². The van der Waals surface area contributed by atoms with Crippen LogP contribution >= 0.6 is 24.8 Å². The minimum absolute atomic E-state index is 0. The molecule has 1 aromatic heterocycles. The molecule has 196 valence electrons. The highest BCUT2D eigenvalue weighted by atomic mass is 35.5. The lowest BCUT2D eigenvalue weighted by Gasteiger charge is -2.21. The molecule has 0 saturated heterocycles. The summed E-state index contributed by atoms with van der Waals surface area (Å²) in [6.07, 6.45) is 2.04. The molecule has 9 heteroatoms. The van der Waals surface area contributed by atoms with Gasteiger partial charge in [0.2, 0.25) is 5.91 Å². The molecule has 3 rings (SSSR count). The van der Waals surface area contributed by atoms with Crippen LogP contribution in [0.1, 0.15) is 41.9 Å². The standard InChI is InChI=1S/C27H33N3O3S.2ClH/c1-17(2)13-25-24(16-28)27(20-11-9-18(3)10-12-20)23(19(4)29-25)15-26(31)30-21-7-6-8-22(14-21)34(5,32)33;;/h6-12,14,17H,13,15-16,28H2,1-5H3,(H,30,31);2*1H. The van der Waals surface area contributed by atoms with Crippen LogP contribution in [0.15, 0.2) is 53.4 Å². The van der Waals surface area contributed by atoms with Gasteiger partial charge in [0.25, 0.3) is 0 Å². The van der Waals surface area contributed by atoms with Gasteiger partial charge in [-0.1, -0.05) is 49.7 Å². The van der Waals surface area contributed by atoms with Crippen LogP contribution in [0.25, 0.3) is 11.1 Å². The van der Waals surface area contributed by atoms with Crippen molar-refractivity contribution < 1.29 is 13.2 Å². The van der Waals surface area contributed by atoms with E-state index in [4.69, 9.17) is 10.7 Å². The maximum Gasteiger partial charge on any atom is 0.228 e. The van der Waals surface area contributed by atoms with Crippen molar-refractivity contribution in [3.05, 3.63) is 76.6 Å². The van der Waals surface area contributed by atoms with Gasteiger partial charge in [-0.05, 0) is 66.6 Å². The molecule has 36 heavy (non-hydrogen) atoms. The lowest BCUT2D eigenvalue weighted by molar-refractivity contribution is -0.115. The number of hydrogen-bond donors (Lipinski definition) is 2. The van der Waals surface area contributed by atoms with Crippen molar-refractivity contribution >= 4 is 46.2 Å². The molecule has 0 saturated carbocycles. The fraction of sp³-hybridized carbons (Fsp3) is 0.333. The third-order valence-corrected chi connectivity index (χ3v) is 6.83. The molecule has 0 unspecified atom stereocenters. The van der Waals surface area contributed by atoms with E-state index in [0.29, 0.717) is 18.2 Å². The van der Waals surface area contributed by atoms with E-state index in [1.807, 2.05) is 26.0 Å². The number of aromatic nitrogens is 1. The van der Waals surface area contributed by atoms with Gasteiger partial charge in [-0.2, -0.15) is 0 Å². The summed E-state index contributed by atoms with van der Waals surface area (Å²) < 4.78 is 23.8. The van der Waals surface area contributed by atoms with Gasteiger partial charge in [0.15, 0.2) is 9.84 Å². The van der Waals surface area contributed by atoms with Crippen LogP contribution in [0.5, 0.6) is 0 Å². The molecular weight excluding hydrogens is 517 g/mol. The number of nitrogens with two attached hydrogens (primary N) is 1. The summed E-state index contributed by atoms with van der Waals surface area (Å²) >= 11 is 0. The first-order chi connectivity index (χ1) is 16.0. The van der Waals surface area contributed by atoms with Gasteiger partial charge in [-0.25, -0.2) is 8.42 Å². The number of aryl methyl sites for hydroxylation is 2. The highest BCUT2D eigenvalue weighted by Crippen LogP contribution is 2.33. The number of halogens is 2. The topological polar surface area (TPSA) is 102 Å². The second kappa shape index (κ2) is 13.2. The Morgan fingerprint density at radius 1 is 1.03 bits per heavy atom. The monoisotopic (exact) mass is 551 g/mol. The Labute approximate surface area is 226 Å². The molecule has 0 atom stereocenters. The molecule has 0 radical (unpaired) electrons. The quantitative estimate of drug-likeness (QED) is 0.387. The van der Waals surface area contributed by atoms with Gasteiger partial charge in [-0.3, -0.25) is 9.78 Å². The largest absolute Gasteiger partial charge is 0.326 e. The van der Waals surface area contributed by atoms with Gasteiger partial charge in [-0.15, -0.1) is 24.8 Å². The number of nitrogens with one attached hydrogen (secondary N) is 1. The van der Waals surface area contributed by atoms with Crippen molar-refractivity contribution in [1.82, 2.24) is 4.98 Å². The number of rotatable bonds is 8. The Morgan fingerprint density at radius 3 is 2.22 bits per heavy atom. The molecule has 2 aromatic carbocycles. The lowest BCUT2D eigenvalue weighted by Crippen LogP contribution is -2.19. The van der Waals surface area contributed by atoms with Crippen LogP contribution in [0.2, 0.25) is 0 Å². The van der Waals surface area contributed by atoms with Crippen molar-refractivity contribution in [1.29, 1.82) is 0 Å². The Kier molecular flexibility index (Phi) is 11.6. The summed E-state index contributed by atoms with van der Waals surface area (Å²) in [5.74, 6) is 0.169. The fourth-order valence-electron chi connectivity index (χ4n) is 4.08. The van der Waals surface area contributed by atoms with E-state index in [1.54, 1.807) is 12.1 Å². The second-order valence-corrected chi connectivity index (χ2v) is 11.2. The molecular formula is C27H35Cl2N3O3S. The average Bonchev–Trinajstić information content (AvgIpc) is 2.75. The maximum absolute atomic E-state index is 13.1. The number of carbonyl (C=O) groups excluding carboxylic acids is 1. The van der Waals surface area contributed by atoms with E-state index in [1.165, 1.54) is 12.1 Å². The normalized spacial score (nSPS) is 11.0. The number of benzene rings is 2. The average molecular weight is 553 g/mol. The molecule has 0 aliphatic rings. The van der Waals surface area contributed by atoms with Crippen molar-refractivity contribution in [2.75, 3.05) is 11.6 Å². The first kappa shape index (κ1) is 31.6. The molecule has 3 aromatic rings. The predicted octanol–water partition coefficient (Wildman–Crippen LogP) is 5.45. The third-order valence-electron chi connectivity index (χ3n) is 5.72. The predicted molar refractivity (Wildman–Crippen MR) is 152 cm³/mol. The number of anilines is 1. The molecule has 0 fully saturated rings. The number of amides is 1. The molecule has 1 amide bonds. The minimum atomic E-state index is -3.37. The Balaban J connectivity index is 0.00000324. The van der Waals surface area contributed by atoms with E-state index >= 15 is 0 Å². The van der Waals surface area contributed by atoms with Gasteiger partial charge in [0, 0.05) is 29.9 Å². The summed E-state index contributed by atoms with van der Waals surface area (Å²) in [5, 5.41) is 2.84. The molecule has 0 spiro atoms. The van der Waals surface area contributed by atoms with Gasteiger partial charge >= 0.3 is 0 Å². The Hall–Kier alpha value is -2.45. The minimum Gasteiger partial charge on any atom is -0.326 e. The first-order valence-corrected chi connectivity index (χ1v) is 13.3. The molecule has 3 N–H and O–H groups in total. The van der Waals surface area contributed by atoms with E-state index in [-0.39, 0.29) is 42.0 Å². The van der Waals surface area contributed by atoms with E-state index < -0.39 is 9.84 Å².